The van der Waals surface area contributed by atoms with Crippen molar-refractivity contribution in [2.24, 2.45) is 0 Å². The molecule has 0 atom stereocenters. The highest BCUT2D eigenvalue weighted by atomic mass is 16.1. The van der Waals surface area contributed by atoms with E-state index in [0.717, 1.165) is 11.0 Å². The predicted molar refractivity (Wildman–Crippen MR) is 68.7 cm³/mol. The molecule has 92 valence electrons. The van der Waals surface area contributed by atoms with Crippen molar-refractivity contribution in [1.29, 1.82) is 0 Å². The highest BCUT2D eigenvalue weighted by molar-refractivity contribution is 5.77. The third kappa shape index (κ3) is 5.17. The van der Waals surface area contributed by atoms with Crippen LogP contribution in [0.5, 0.6) is 0 Å². The van der Waals surface area contributed by atoms with E-state index in [1.165, 1.54) is 0 Å². The Bertz CT molecular complexity index is 386. The van der Waals surface area contributed by atoms with Gasteiger partial charge in [0.15, 0.2) is 0 Å². The standard InChI is InChI=1S/C8H6N2.C5H10O.H2O/c1-2-4-8-7(3-1)9-5-6-10-8;1-3-5(6)4-2;/h1-6H;3-4H2,1-2H3;1H2. The average molecular weight is 234 g/mol. The number of fused-ring (bicyclic) bond motifs is 1. The molecule has 1 heterocycles. The molecule has 0 radical (unpaired) electrons. The second kappa shape index (κ2) is 8.35. The monoisotopic (exact) mass is 234 g/mol. The average Bonchev–Trinajstić information content (AvgIpc) is 2.38. The van der Waals surface area contributed by atoms with E-state index in [4.69, 9.17) is 0 Å². The maximum absolute atomic E-state index is 10.2. The first-order valence-corrected chi connectivity index (χ1v) is 5.45. The van der Waals surface area contributed by atoms with E-state index in [1.54, 1.807) is 12.4 Å². The van der Waals surface area contributed by atoms with Crippen molar-refractivity contribution in [3.63, 3.8) is 0 Å². The molecular formula is C13H18N2O2. The fraction of sp³-hybridized carbons (Fsp3) is 0.308. The number of nitrogens with zero attached hydrogens (tertiary/aromatic N) is 2. The van der Waals surface area contributed by atoms with Gasteiger partial charge in [-0.05, 0) is 12.1 Å². The Balaban J connectivity index is 0.000000324. The normalized spacial score (nSPS) is 8.82. The van der Waals surface area contributed by atoms with Crippen LogP contribution in [0.25, 0.3) is 11.0 Å². The number of benzene rings is 1. The number of rotatable bonds is 2. The van der Waals surface area contributed by atoms with E-state index in [-0.39, 0.29) is 5.48 Å². The molecule has 4 nitrogen and oxygen atoms in total. The van der Waals surface area contributed by atoms with E-state index in [2.05, 4.69) is 9.97 Å². The molecule has 0 amide bonds. The lowest BCUT2D eigenvalue weighted by Crippen LogP contribution is -1.88. The van der Waals surface area contributed by atoms with Gasteiger partial charge in [0.05, 0.1) is 11.0 Å². The van der Waals surface area contributed by atoms with Crippen LogP contribution in [0.1, 0.15) is 26.7 Å². The van der Waals surface area contributed by atoms with Gasteiger partial charge in [0.25, 0.3) is 0 Å². The lowest BCUT2D eigenvalue weighted by Gasteiger charge is -1.90. The maximum atomic E-state index is 10.2. The molecule has 4 heteroatoms. The summed E-state index contributed by atoms with van der Waals surface area (Å²) in [6.07, 6.45) is 4.78. The zero-order valence-electron chi connectivity index (χ0n) is 10.2. The van der Waals surface area contributed by atoms with Crippen molar-refractivity contribution in [1.82, 2.24) is 9.97 Å². The van der Waals surface area contributed by atoms with E-state index in [1.807, 2.05) is 38.1 Å². The summed E-state index contributed by atoms with van der Waals surface area (Å²) in [5.74, 6) is 0.343. The summed E-state index contributed by atoms with van der Waals surface area (Å²) in [7, 11) is 0. The number of hydrogen-bond donors (Lipinski definition) is 0. The largest absolute Gasteiger partial charge is 0.412 e. The summed E-state index contributed by atoms with van der Waals surface area (Å²) in [6, 6.07) is 7.80. The van der Waals surface area contributed by atoms with Gasteiger partial charge in [0.1, 0.15) is 5.78 Å². The van der Waals surface area contributed by atoms with Crippen LogP contribution >= 0.6 is 0 Å². The Hall–Kier alpha value is -1.81. The predicted octanol–water partition coefficient (Wildman–Crippen LogP) is 2.18. The van der Waals surface area contributed by atoms with Crippen LogP contribution in [-0.4, -0.2) is 21.2 Å². The molecule has 0 aliphatic carbocycles. The lowest BCUT2D eigenvalue weighted by atomic mass is 10.3. The molecule has 2 aromatic rings. The number of hydrogen-bond acceptors (Lipinski definition) is 3. The van der Waals surface area contributed by atoms with Crippen molar-refractivity contribution in [2.75, 3.05) is 0 Å². The van der Waals surface area contributed by atoms with Gasteiger partial charge < -0.3 is 5.48 Å². The third-order valence-corrected chi connectivity index (χ3v) is 2.16. The number of carbonyl (C=O) groups excluding carboxylic acids is 1. The fourth-order valence-corrected chi connectivity index (χ4v) is 1.16. The molecule has 0 fully saturated rings. The molecular weight excluding hydrogens is 216 g/mol. The number of carbonyl (C=O) groups is 1. The molecule has 1 aromatic carbocycles. The van der Waals surface area contributed by atoms with Crippen molar-refractivity contribution < 1.29 is 10.3 Å². The van der Waals surface area contributed by atoms with Crippen LogP contribution in [0, 0.1) is 0 Å². The minimum Gasteiger partial charge on any atom is -0.412 e. The molecule has 0 saturated carbocycles. The second-order valence-corrected chi connectivity index (χ2v) is 3.29. The second-order valence-electron chi connectivity index (χ2n) is 3.29. The molecule has 0 unspecified atom stereocenters. The Labute approximate surface area is 101 Å². The van der Waals surface area contributed by atoms with Gasteiger partial charge in [-0.3, -0.25) is 14.8 Å². The van der Waals surface area contributed by atoms with E-state index >= 15 is 0 Å². The Morgan fingerprint density at radius 3 is 1.71 bits per heavy atom. The summed E-state index contributed by atoms with van der Waals surface area (Å²) in [5.41, 5.74) is 1.90. The number of aromatic nitrogens is 2. The molecule has 0 bridgehead atoms. The lowest BCUT2D eigenvalue weighted by molar-refractivity contribution is -0.118. The van der Waals surface area contributed by atoms with Crippen molar-refractivity contribution in [2.45, 2.75) is 26.7 Å². The van der Waals surface area contributed by atoms with Crippen LogP contribution in [0.3, 0.4) is 0 Å². The van der Waals surface area contributed by atoms with Gasteiger partial charge in [-0.15, -0.1) is 0 Å². The van der Waals surface area contributed by atoms with Gasteiger partial charge in [0, 0.05) is 25.2 Å². The number of ketones is 1. The van der Waals surface area contributed by atoms with Gasteiger partial charge in [-0.25, -0.2) is 0 Å². The first-order valence-electron chi connectivity index (χ1n) is 5.45. The van der Waals surface area contributed by atoms with Crippen molar-refractivity contribution in [3.05, 3.63) is 36.7 Å². The fourth-order valence-electron chi connectivity index (χ4n) is 1.16. The molecule has 2 rings (SSSR count). The Morgan fingerprint density at radius 1 is 1.00 bits per heavy atom. The topological polar surface area (TPSA) is 74.3 Å². The van der Waals surface area contributed by atoms with E-state index < -0.39 is 0 Å². The molecule has 0 saturated heterocycles. The Kier molecular flexibility index (Phi) is 7.46. The van der Waals surface area contributed by atoms with Crippen LogP contribution in [-0.2, 0) is 4.79 Å². The first-order chi connectivity index (χ1) is 7.77. The van der Waals surface area contributed by atoms with Crippen LogP contribution in [0.2, 0.25) is 0 Å². The number of para-hydroxylation sites is 2. The minimum absolute atomic E-state index is 0. The number of Topliss-reactive ketones (excluding diaryl/α,β-unsaturated/α-hetero) is 1. The molecule has 17 heavy (non-hydrogen) atoms. The molecule has 1 aromatic heterocycles. The molecule has 0 spiro atoms. The van der Waals surface area contributed by atoms with Gasteiger partial charge in [0.2, 0.25) is 0 Å². The van der Waals surface area contributed by atoms with Crippen LogP contribution in [0.4, 0.5) is 0 Å². The Morgan fingerprint density at radius 2 is 1.41 bits per heavy atom. The van der Waals surface area contributed by atoms with Gasteiger partial charge >= 0.3 is 0 Å². The molecule has 0 aliphatic rings. The van der Waals surface area contributed by atoms with Crippen LogP contribution in [0.15, 0.2) is 36.7 Å². The zero-order chi connectivity index (χ0) is 11.8. The maximum Gasteiger partial charge on any atom is 0.132 e. The summed E-state index contributed by atoms with van der Waals surface area (Å²) >= 11 is 0. The first kappa shape index (κ1) is 15.2. The van der Waals surface area contributed by atoms with Gasteiger partial charge in [-0.1, -0.05) is 26.0 Å². The molecule has 2 N–H and O–H groups in total. The van der Waals surface area contributed by atoms with E-state index in [9.17, 15) is 4.79 Å². The quantitative estimate of drug-likeness (QED) is 0.799. The summed E-state index contributed by atoms with van der Waals surface area (Å²) in [4.78, 5) is 18.4. The summed E-state index contributed by atoms with van der Waals surface area (Å²) < 4.78 is 0. The van der Waals surface area contributed by atoms with Crippen molar-refractivity contribution in [3.8, 4) is 0 Å². The van der Waals surface area contributed by atoms with Gasteiger partial charge in [-0.2, -0.15) is 0 Å². The van der Waals surface area contributed by atoms with Crippen molar-refractivity contribution >= 4 is 16.8 Å². The smallest absolute Gasteiger partial charge is 0.132 e. The third-order valence-electron chi connectivity index (χ3n) is 2.16. The SMILES string of the molecule is CCC(=O)CC.O.c1ccc2nccnc2c1. The highest BCUT2D eigenvalue weighted by Crippen LogP contribution is 2.04. The van der Waals surface area contributed by atoms with E-state index in [0.29, 0.717) is 18.6 Å². The minimum atomic E-state index is 0. The summed E-state index contributed by atoms with van der Waals surface area (Å²) in [5, 5.41) is 0. The highest BCUT2D eigenvalue weighted by Gasteiger charge is 1.88. The molecule has 0 aliphatic heterocycles. The zero-order valence-corrected chi connectivity index (χ0v) is 10.2. The summed E-state index contributed by atoms with van der Waals surface area (Å²) in [6.45, 7) is 3.76. The van der Waals surface area contributed by atoms with Crippen LogP contribution < -0.4 is 0 Å².